The summed E-state index contributed by atoms with van der Waals surface area (Å²) in [5, 5.41) is 0. The minimum absolute atomic E-state index is 0.0590. The number of hydrogen-bond donors (Lipinski definition) is 2. The lowest BCUT2D eigenvalue weighted by Gasteiger charge is -2.33. The summed E-state index contributed by atoms with van der Waals surface area (Å²) in [5.41, 5.74) is 2.54. The summed E-state index contributed by atoms with van der Waals surface area (Å²) >= 11 is 1.72. The van der Waals surface area contributed by atoms with Crippen molar-refractivity contribution in [1.82, 2.24) is 5.43 Å². The second-order valence-corrected chi connectivity index (χ2v) is 5.77. The van der Waals surface area contributed by atoms with Crippen LogP contribution in [-0.4, -0.2) is 22.7 Å². The largest absolute Gasteiger partial charge is 0.389 e. The summed E-state index contributed by atoms with van der Waals surface area (Å²) in [6, 6.07) is -0.258. The van der Waals surface area contributed by atoms with Crippen LogP contribution in [0.15, 0.2) is 0 Å². The Labute approximate surface area is 92.1 Å². The molecule has 1 saturated heterocycles. The van der Waals surface area contributed by atoms with Gasteiger partial charge in [-0.15, -0.1) is 0 Å². The number of thioether (sulfide) groups is 1. The molecule has 1 aliphatic rings. The minimum atomic E-state index is -4.09. The standard InChI is InChI=1S/C9H17F3N2S/c1-8(4-2-6-15-8)7(14-13)3-5-9(10,11)12/h7,14H,2-6,13H2,1H3. The SMILES string of the molecule is CC1(C(CCC(F)(F)F)NN)CCCS1. The van der Waals surface area contributed by atoms with Crippen molar-refractivity contribution in [3.05, 3.63) is 0 Å². The van der Waals surface area contributed by atoms with E-state index < -0.39 is 12.6 Å². The van der Waals surface area contributed by atoms with E-state index in [2.05, 4.69) is 5.43 Å². The molecule has 0 radical (unpaired) electrons. The summed E-state index contributed by atoms with van der Waals surface area (Å²) in [5.74, 6) is 6.35. The molecule has 1 fully saturated rings. The number of alkyl halides is 3. The number of halogens is 3. The first-order valence-corrected chi connectivity index (χ1v) is 6.03. The van der Waals surface area contributed by atoms with E-state index in [-0.39, 0.29) is 17.2 Å². The Morgan fingerprint density at radius 3 is 2.60 bits per heavy atom. The van der Waals surface area contributed by atoms with Gasteiger partial charge in [-0.05, 0) is 31.9 Å². The van der Waals surface area contributed by atoms with Gasteiger partial charge in [0.05, 0.1) is 0 Å². The number of hydrazine groups is 1. The van der Waals surface area contributed by atoms with Crippen molar-refractivity contribution in [2.75, 3.05) is 5.75 Å². The van der Waals surface area contributed by atoms with Crippen LogP contribution in [0.25, 0.3) is 0 Å². The van der Waals surface area contributed by atoms with Crippen molar-refractivity contribution in [1.29, 1.82) is 0 Å². The molecule has 0 aromatic rings. The fourth-order valence-electron chi connectivity index (χ4n) is 1.95. The first-order chi connectivity index (χ1) is 6.87. The molecular formula is C9H17F3N2S. The zero-order valence-electron chi connectivity index (χ0n) is 8.73. The highest BCUT2D eigenvalue weighted by Gasteiger charge is 2.39. The number of hydrogen-bond acceptors (Lipinski definition) is 3. The summed E-state index contributed by atoms with van der Waals surface area (Å²) in [4.78, 5) is 0. The van der Waals surface area contributed by atoms with E-state index in [9.17, 15) is 13.2 Å². The van der Waals surface area contributed by atoms with Crippen LogP contribution in [0.1, 0.15) is 32.6 Å². The highest BCUT2D eigenvalue weighted by Crippen LogP contribution is 2.42. The van der Waals surface area contributed by atoms with E-state index in [1.54, 1.807) is 11.8 Å². The second kappa shape index (κ2) is 4.93. The molecule has 15 heavy (non-hydrogen) atoms. The molecule has 0 amide bonds. The lowest BCUT2D eigenvalue weighted by Crippen LogP contribution is -2.49. The van der Waals surface area contributed by atoms with E-state index in [1.165, 1.54) is 0 Å². The average molecular weight is 242 g/mol. The molecule has 0 bridgehead atoms. The van der Waals surface area contributed by atoms with E-state index in [0.29, 0.717) is 0 Å². The lowest BCUT2D eigenvalue weighted by molar-refractivity contribution is -0.137. The molecule has 0 saturated carbocycles. The Morgan fingerprint density at radius 2 is 2.20 bits per heavy atom. The van der Waals surface area contributed by atoms with Crippen LogP contribution in [0.2, 0.25) is 0 Å². The predicted molar refractivity (Wildman–Crippen MR) is 56.5 cm³/mol. The summed E-state index contributed by atoms with van der Waals surface area (Å²) in [6.07, 6.45) is -2.80. The quantitative estimate of drug-likeness (QED) is 0.587. The topological polar surface area (TPSA) is 38.0 Å². The Bertz CT molecular complexity index is 202. The van der Waals surface area contributed by atoms with Gasteiger partial charge in [-0.2, -0.15) is 24.9 Å². The van der Waals surface area contributed by atoms with Crippen molar-refractivity contribution in [2.24, 2.45) is 5.84 Å². The third kappa shape index (κ3) is 3.85. The molecule has 0 aromatic carbocycles. The maximum Gasteiger partial charge on any atom is 0.389 e. The molecule has 0 spiro atoms. The highest BCUT2D eigenvalue weighted by molar-refractivity contribution is 8.00. The van der Waals surface area contributed by atoms with Crippen LogP contribution in [-0.2, 0) is 0 Å². The molecule has 0 aromatic heterocycles. The second-order valence-electron chi connectivity index (χ2n) is 4.14. The molecule has 2 nitrogen and oxygen atoms in total. The normalized spacial score (nSPS) is 29.4. The summed E-state index contributed by atoms with van der Waals surface area (Å²) in [7, 11) is 0. The molecule has 2 unspecified atom stereocenters. The van der Waals surface area contributed by atoms with Crippen molar-refractivity contribution < 1.29 is 13.2 Å². The number of nitrogens with two attached hydrogens (primary N) is 1. The van der Waals surface area contributed by atoms with Gasteiger partial charge < -0.3 is 0 Å². The van der Waals surface area contributed by atoms with Crippen molar-refractivity contribution in [2.45, 2.75) is 49.6 Å². The molecule has 6 heteroatoms. The zero-order chi connectivity index (χ0) is 11.5. The third-order valence-corrected chi connectivity index (χ3v) is 4.55. The van der Waals surface area contributed by atoms with Gasteiger partial charge in [0.15, 0.2) is 0 Å². The van der Waals surface area contributed by atoms with Crippen LogP contribution in [0.4, 0.5) is 13.2 Å². The van der Waals surface area contributed by atoms with Gasteiger partial charge >= 0.3 is 6.18 Å². The third-order valence-electron chi connectivity index (χ3n) is 2.90. The summed E-state index contributed by atoms with van der Waals surface area (Å²) < 4.78 is 36.1. The molecule has 2 atom stereocenters. The predicted octanol–water partition coefficient (Wildman–Crippen LogP) is 2.45. The fraction of sp³-hybridized carbons (Fsp3) is 1.00. The Morgan fingerprint density at radius 1 is 1.53 bits per heavy atom. The maximum atomic E-state index is 12.1. The van der Waals surface area contributed by atoms with E-state index in [0.717, 1.165) is 18.6 Å². The van der Waals surface area contributed by atoms with Gasteiger partial charge in [0.2, 0.25) is 0 Å². The smallest absolute Gasteiger partial charge is 0.271 e. The Hall–Kier alpha value is 0.0600. The van der Waals surface area contributed by atoms with Gasteiger partial charge in [0, 0.05) is 17.2 Å². The molecule has 1 heterocycles. The van der Waals surface area contributed by atoms with Gasteiger partial charge in [-0.3, -0.25) is 11.3 Å². The Kier molecular flexibility index (Phi) is 4.31. The Balaban J connectivity index is 2.48. The van der Waals surface area contributed by atoms with Gasteiger partial charge in [-0.1, -0.05) is 0 Å². The van der Waals surface area contributed by atoms with Gasteiger partial charge in [0.25, 0.3) is 0 Å². The fourth-order valence-corrected chi connectivity index (χ4v) is 3.38. The molecule has 3 N–H and O–H groups in total. The van der Waals surface area contributed by atoms with Gasteiger partial charge in [0.1, 0.15) is 0 Å². The lowest BCUT2D eigenvalue weighted by atomic mass is 9.93. The van der Waals surface area contributed by atoms with Gasteiger partial charge in [-0.25, -0.2) is 0 Å². The van der Waals surface area contributed by atoms with E-state index in [1.807, 2.05) is 6.92 Å². The monoisotopic (exact) mass is 242 g/mol. The highest BCUT2D eigenvalue weighted by atomic mass is 32.2. The van der Waals surface area contributed by atoms with Crippen LogP contribution >= 0.6 is 11.8 Å². The zero-order valence-corrected chi connectivity index (χ0v) is 9.55. The van der Waals surface area contributed by atoms with Crippen LogP contribution in [0.5, 0.6) is 0 Å². The first kappa shape index (κ1) is 13.1. The maximum absolute atomic E-state index is 12.1. The summed E-state index contributed by atoms with van der Waals surface area (Å²) in [6.45, 7) is 1.99. The van der Waals surface area contributed by atoms with Crippen LogP contribution in [0, 0.1) is 0 Å². The minimum Gasteiger partial charge on any atom is -0.271 e. The molecular weight excluding hydrogens is 225 g/mol. The van der Waals surface area contributed by atoms with E-state index >= 15 is 0 Å². The molecule has 0 aliphatic carbocycles. The van der Waals surface area contributed by atoms with Crippen molar-refractivity contribution >= 4 is 11.8 Å². The molecule has 1 aliphatic heterocycles. The average Bonchev–Trinajstić information content (AvgIpc) is 2.52. The van der Waals surface area contributed by atoms with Crippen LogP contribution < -0.4 is 11.3 Å². The molecule has 90 valence electrons. The number of rotatable bonds is 4. The van der Waals surface area contributed by atoms with E-state index in [4.69, 9.17) is 5.84 Å². The van der Waals surface area contributed by atoms with Crippen LogP contribution in [0.3, 0.4) is 0 Å². The molecule has 1 rings (SSSR count). The van der Waals surface area contributed by atoms with Crippen molar-refractivity contribution in [3.8, 4) is 0 Å². The van der Waals surface area contributed by atoms with Crippen molar-refractivity contribution in [3.63, 3.8) is 0 Å². The number of nitrogens with one attached hydrogen (secondary N) is 1. The first-order valence-electron chi connectivity index (χ1n) is 5.04.